The van der Waals surface area contributed by atoms with Crippen LogP contribution in [0.15, 0.2) is 18.2 Å². The molecule has 0 bridgehead atoms. The molecule has 1 fully saturated rings. The molecule has 1 heterocycles. The summed E-state index contributed by atoms with van der Waals surface area (Å²) in [6.07, 6.45) is 5.85. The van der Waals surface area contributed by atoms with Crippen molar-refractivity contribution >= 4 is 5.91 Å². The molecule has 1 unspecified atom stereocenters. The van der Waals surface area contributed by atoms with Gasteiger partial charge in [-0.2, -0.15) is 0 Å². The zero-order valence-electron chi connectivity index (χ0n) is 14.3. The maximum Gasteiger partial charge on any atom is 0.252 e. The Bertz CT molecular complexity index is 577. The van der Waals surface area contributed by atoms with Gasteiger partial charge in [-0.05, 0) is 69.2 Å². The highest BCUT2D eigenvalue weighted by Crippen LogP contribution is 2.26. The van der Waals surface area contributed by atoms with E-state index in [2.05, 4.69) is 28.4 Å². The highest BCUT2D eigenvalue weighted by Gasteiger charge is 2.39. The standard InChI is InChI=1S/C19H28N2O2/c1-14(16-8-7-15-5-3-4-6-17(15)13-16)20-18(22)19(23)9-11-21(2)12-10-19/h7-8,13-14,23H,3-6,9-12H2,1-2H3,(H,20,22). The number of hydrogen-bond acceptors (Lipinski definition) is 3. The number of nitrogens with zero attached hydrogens (tertiary/aromatic N) is 1. The number of likely N-dealkylation sites (tertiary alicyclic amines) is 1. The number of fused-ring (bicyclic) bond motifs is 1. The highest BCUT2D eigenvalue weighted by molar-refractivity contribution is 5.85. The number of nitrogens with one attached hydrogen (secondary N) is 1. The first-order valence-corrected chi connectivity index (χ1v) is 8.81. The number of carbonyl (C=O) groups excluding carboxylic acids is 1. The van der Waals surface area contributed by atoms with Crippen LogP contribution < -0.4 is 5.32 Å². The Morgan fingerprint density at radius 3 is 2.57 bits per heavy atom. The summed E-state index contributed by atoms with van der Waals surface area (Å²) < 4.78 is 0. The second-order valence-corrected chi connectivity index (χ2v) is 7.27. The number of benzene rings is 1. The zero-order valence-corrected chi connectivity index (χ0v) is 14.3. The molecule has 1 aliphatic carbocycles. The minimum Gasteiger partial charge on any atom is -0.380 e. The van der Waals surface area contributed by atoms with Gasteiger partial charge in [-0.25, -0.2) is 0 Å². The molecule has 1 amide bonds. The van der Waals surface area contributed by atoms with E-state index < -0.39 is 5.60 Å². The van der Waals surface area contributed by atoms with Crippen molar-refractivity contribution in [3.63, 3.8) is 0 Å². The summed E-state index contributed by atoms with van der Waals surface area (Å²) in [6, 6.07) is 6.49. The number of amides is 1. The van der Waals surface area contributed by atoms with Crippen molar-refractivity contribution in [1.82, 2.24) is 10.2 Å². The van der Waals surface area contributed by atoms with E-state index in [1.807, 2.05) is 14.0 Å². The number of aliphatic hydroxyl groups is 1. The van der Waals surface area contributed by atoms with Gasteiger partial charge >= 0.3 is 0 Å². The van der Waals surface area contributed by atoms with Crippen molar-refractivity contribution in [3.8, 4) is 0 Å². The molecule has 0 radical (unpaired) electrons. The van der Waals surface area contributed by atoms with Crippen molar-refractivity contribution in [2.75, 3.05) is 20.1 Å². The normalized spacial score (nSPS) is 22.2. The van der Waals surface area contributed by atoms with Crippen LogP contribution in [0.2, 0.25) is 0 Å². The van der Waals surface area contributed by atoms with E-state index in [4.69, 9.17) is 0 Å². The Morgan fingerprint density at radius 1 is 1.22 bits per heavy atom. The van der Waals surface area contributed by atoms with Crippen LogP contribution in [0.1, 0.15) is 55.3 Å². The lowest BCUT2D eigenvalue weighted by Crippen LogP contribution is -2.53. The summed E-state index contributed by atoms with van der Waals surface area (Å²) in [5.41, 5.74) is 2.80. The lowest BCUT2D eigenvalue weighted by atomic mass is 9.88. The van der Waals surface area contributed by atoms with Crippen molar-refractivity contribution in [1.29, 1.82) is 0 Å². The third-order valence-corrected chi connectivity index (χ3v) is 5.46. The number of aryl methyl sites for hydroxylation is 2. The SMILES string of the molecule is CC(NC(=O)C1(O)CCN(C)CC1)c1ccc2c(c1)CCCC2. The van der Waals surface area contributed by atoms with E-state index >= 15 is 0 Å². The Kier molecular flexibility index (Phi) is 4.74. The molecule has 23 heavy (non-hydrogen) atoms. The first kappa shape index (κ1) is 16.5. The highest BCUT2D eigenvalue weighted by atomic mass is 16.3. The number of rotatable bonds is 3. The monoisotopic (exact) mass is 316 g/mol. The molecule has 4 heteroatoms. The van der Waals surface area contributed by atoms with Gasteiger partial charge in [-0.3, -0.25) is 4.79 Å². The molecule has 1 aromatic carbocycles. The van der Waals surface area contributed by atoms with Gasteiger partial charge in [0.05, 0.1) is 6.04 Å². The van der Waals surface area contributed by atoms with Crippen LogP contribution in [0.25, 0.3) is 0 Å². The number of piperidine rings is 1. The Balaban J connectivity index is 1.66. The molecule has 4 nitrogen and oxygen atoms in total. The van der Waals surface area contributed by atoms with E-state index in [1.54, 1.807) is 0 Å². The summed E-state index contributed by atoms with van der Waals surface area (Å²) in [5.74, 6) is -0.226. The first-order chi connectivity index (χ1) is 11.0. The predicted molar refractivity (Wildman–Crippen MR) is 91.3 cm³/mol. The van der Waals surface area contributed by atoms with Crippen LogP contribution in [0.4, 0.5) is 0 Å². The molecule has 0 saturated carbocycles. The molecule has 1 saturated heterocycles. The van der Waals surface area contributed by atoms with Gasteiger partial charge in [0.1, 0.15) is 5.60 Å². The van der Waals surface area contributed by atoms with E-state index in [0.717, 1.165) is 25.1 Å². The molecule has 1 aromatic rings. The summed E-state index contributed by atoms with van der Waals surface area (Å²) in [6.45, 7) is 3.52. The Hall–Kier alpha value is -1.39. The second kappa shape index (κ2) is 6.62. The van der Waals surface area contributed by atoms with Gasteiger partial charge in [0.25, 0.3) is 5.91 Å². The number of carbonyl (C=O) groups is 1. The topological polar surface area (TPSA) is 52.6 Å². The summed E-state index contributed by atoms with van der Waals surface area (Å²) in [4.78, 5) is 14.7. The van der Waals surface area contributed by atoms with Crippen LogP contribution in [-0.2, 0) is 17.6 Å². The van der Waals surface area contributed by atoms with Crippen LogP contribution in [0, 0.1) is 0 Å². The molecule has 1 aliphatic heterocycles. The van der Waals surface area contributed by atoms with Crippen molar-refractivity contribution in [3.05, 3.63) is 34.9 Å². The molecule has 3 rings (SSSR count). The predicted octanol–water partition coefficient (Wildman–Crippen LogP) is 2.20. The largest absolute Gasteiger partial charge is 0.380 e. The fourth-order valence-electron chi connectivity index (χ4n) is 3.65. The van der Waals surface area contributed by atoms with Gasteiger partial charge in [-0.15, -0.1) is 0 Å². The second-order valence-electron chi connectivity index (χ2n) is 7.27. The van der Waals surface area contributed by atoms with Crippen molar-refractivity contribution < 1.29 is 9.90 Å². The smallest absolute Gasteiger partial charge is 0.252 e. The first-order valence-electron chi connectivity index (χ1n) is 8.81. The molecular weight excluding hydrogens is 288 g/mol. The maximum absolute atomic E-state index is 12.5. The molecule has 1 atom stereocenters. The van der Waals surface area contributed by atoms with E-state index in [9.17, 15) is 9.90 Å². The van der Waals surface area contributed by atoms with Crippen LogP contribution in [0.3, 0.4) is 0 Å². The lowest BCUT2D eigenvalue weighted by molar-refractivity contribution is -0.145. The molecule has 0 aromatic heterocycles. The minimum absolute atomic E-state index is 0.0709. The van der Waals surface area contributed by atoms with Crippen LogP contribution in [0.5, 0.6) is 0 Å². The fourth-order valence-corrected chi connectivity index (χ4v) is 3.65. The molecule has 0 spiro atoms. The Morgan fingerprint density at radius 2 is 1.87 bits per heavy atom. The van der Waals surface area contributed by atoms with Gasteiger partial charge in [0.2, 0.25) is 0 Å². The quantitative estimate of drug-likeness (QED) is 0.899. The fraction of sp³-hybridized carbons (Fsp3) is 0.632. The summed E-state index contributed by atoms with van der Waals surface area (Å²) >= 11 is 0. The van der Waals surface area contributed by atoms with Crippen molar-refractivity contribution in [2.24, 2.45) is 0 Å². The molecular formula is C19H28N2O2. The third kappa shape index (κ3) is 3.59. The average Bonchev–Trinajstić information content (AvgIpc) is 2.57. The average molecular weight is 316 g/mol. The third-order valence-electron chi connectivity index (χ3n) is 5.46. The van der Waals surface area contributed by atoms with Crippen LogP contribution in [-0.4, -0.2) is 41.7 Å². The minimum atomic E-state index is -1.21. The summed E-state index contributed by atoms with van der Waals surface area (Å²) in [5, 5.41) is 13.6. The number of hydrogen-bond donors (Lipinski definition) is 2. The van der Waals surface area contributed by atoms with Crippen molar-refractivity contribution in [2.45, 2.75) is 57.1 Å². The van der Waals surface area contributed by atoms with Gasteiger partial charge < -0.3 is 15.3 Å². The van der Waals surface area contributed by atoms with Gasteiger partial charge in [0, 0.05) is 13.1 Å². The van der Waals surface area contributed by atoms with Crippen LogP contribution >= 0.6 is 0 Å². The lowest BCUT2D eigenvalue weighted by Gasteiger charge is -2.36. The van der Waals surface area contributed by atoms with Gasteiger partial charge in [-0.1, -0.05) is 18.2 Å². The molecule has 2 aliphatic rings. The summed E-state index contributed by atoms with van der Waals surface area (Å²) in [7, 11) is 2.02. The zero-order chi connectivity index (χ0) is 16.4. The molecule has 126 valence electrons. The van der Waals surface area contributed by atoms with E-state index in [1.165, 1.54) is 30.4 Å². The Labute approximate surface area is 138 Å². The van der Waals surface area contributed by atoms with Gasteiger partial charge in [0.15, 0.2) is 0 Å². The van der Waals surface area contributed by atoms with E-state index in [-0.39, 0.29) is 11.9 Å². The maximum atomic E-state index is 12.5. The molecule has 2 N–H and O–H groups in total. The van der Waals surface area contributed by atoms with E-state index in [0.29, 0.717) is 12.8 Å².